The van der Waals surface area contributed by atoms with Gasteiger partial charge >= 0.3 is 0 Å². The van der Waals surface area contributed by atoms with E-state index >= 15 is 0 Å². The number of rotatable bonds is 16. The predicted octanol–water partition coefficient (Wildman–Crippen LogP) is 12.4. The first kappa shape index (κ1) is 31.2. The summed E-state index contributed by atoms with van der Waals surface area (Å²) in [4.78, 5) is 15.8. The van der Waals surface area contributed by atoms with Gasteiger partial charge < -0.3 is 0 Å². The largest absolute Gasteiger partial charge is 0.242 e. The molecule has 0 amide bonds. The summed E-state index contributed by atoms with van der Waals surface area (Å²) in [5.74, 6) is 0. The molecule has 4 aromatic heterocycles. The number of benzene rings is 1. The van der Waals surface area contributed by atoms with Crippen molar-refractivity contribution in [1.82, 2.24) is 18.7 Å². The van der Waals surface area contributed by atoms with E-state index in [0.717, 1.165) is 55.2 Å². The fraction of sp³-hybridized carbons (Fsp3) is 0.500. The minimum absolute atomic E-state index is 0.825. The van der Waals surface area contributed by atoms with Crippen LogP contribution >= 0.6 is 66.3 Å². The topological polar surface area (TPSA) is 51.6 Å². The second kappa shape index (κ2) is 15.5. The summed E-state index contributed by atoms with van der Waals surface area (Å²) in [7, 11) is 0. The van der Waals surface area contributed by atoms with Crippen LogP contribution in [0.4, 0.5) is 0 Å². The van der Waals surface area contributed by atoms with Crippen molar-refractivity contribution in [1.29, 1.82) is 0 Å². The molecule has 0 aliphatic heterocycles. The van der Waals surface area contributed by atoms with Crippen LogP contribution in [0.1, 0.15) is 101 Å². The fourth-order valence-electron chi connectivity index (χ4n) is 5.22. The zero-order chi connectivity index (χ0) is 28.6. The first-order valence-corrected chi connectivity index (χ1v) is 19.0. The Morgan fingerprint density at radius 2 is 0.951 bits per heavy atom. The van der Waals surface area contributed by atoms with Gasteiger partial charge in [0.1, 0.15) is 33.5 Å². The Balaban J connectivity index is 1.44. The summed E-state index contributed by atoms with van der Waals surface area (Å²) < 4.78 is 10.8. The lowest BCUT2D eigenvalue weighted by Crippen LogP contribution is -1.96. The van der Waals surface area contributed by atoms with Crippen molar-refractivity contribution in [3.05, 3.63) is 43.0 Å². The molecule has 0 fully saturated rings. The van der Waals surface area contributed by atoms with Crippen molar-refractivity contribution in [3.8, 4) is 21.1 Å². The number of fused-ring (bicyclic) bond motifs is 2. The van der Waals surface area contributed by atoms with Crippen molar-refractivity contribution >= 4 is 88.3 Å². The minimum Gasteiger partial charge on any atom is -0.242 e. The third kappa shape index (κ3) is 7.64. The average molecular weight is 735 g/mol. The molecule has 0 N–H and O–H groups in total. The normalized spacial score (nSPS) is 11.8. The Kier molecular flexibility index (Phi) is 11.8. The molecule has 9 heteroatoms. The Labute approximate surface area is 273 Å². The maximum atomic E-state index is 5.28. The Bertz CT molecular complexity index is 1460. The van der Waals surface area contributed by atoms with Gasteiger partial charge in [0.2, 0.25) is 0 Å². The van der Waals surface area contributed by atoms with Crippen molar-refractivity contribution in [2.45, 2.75) is 104 Å². The van der Waals surface area contributed by atoms with Crippen LogP contribution in [0.3, 0.4) is 0 Å². The predicted molar refractivity (Wildman–Crippen MR) is 187 cm³/mol. The van der Waals surface area contributed by atoms with Gasteiger partial charge in [-0.15, -0.1) is 22.7 Å². The van der Waals surface area contributed by atoms with Gasteiger partial charge in [-0.1, -0.05) is 78.1 Å². The van der Waals surface area contributed by atoms with Crippen LogP contribution in [0.5, 0.6) is 0 Å². The van der Waals surface area contributed by atoms with Gasteiger partial charge in [-0.25, -0.2) is 9.97 Å². The van der Waals surface area contributed by atoms with E-state index in [9.17, 15) is 0 Å². The van der Waals surface area contributed by atoms with E-state index in [4.69, 9.17) is 9.97 Å². The van der Waals surface area contributed by atoms with Gasteiger partial charge in [0, 0.05) is 9.75 Å². The van der Waals surface area contributed by atoms with Crippen molar-refractivity contribution in [2.24, 2.45) is 0 Å². The molecule has 4 heterocycles. The van der Waals surface area contributed by atoms with Gasteiger partial charge in [-0.3, -0.25) is 0 Å². The quantitative estimate of drug-likeness (QED) is 0.0947. The van der Waals surface area contributed by atoms with Crippen LogP contribution in [0, 0.1) is 0 Å². The molecule has 5 aromatic rings. The molecular weight excluding hydrogens is 696 g/mol. The average Bonchev–Trinajstić information content (AvgIpc) is 3.76. The highest BCUT2D eigenvalue weighted by Crippen LogP contribution is 2.43. The number of hydrogen-bond acceptors (Lipinski definition) is 7. The summed E-state index contributed by atoms with van der Waals surface area (Å²) in [6.45, 7) is 4.55. The number of unbranched alkanes of at least 4 members (excludes halogenated alkanes) is 10. The smallest absolute Gasteiger partial charge is 0.122 e. The molecule has 0 saturated heterocycles. The second-order valence-electron chi connectivity index (χ2n) is 10.8. The molecule has 0 atom stereocenters. The number of hydrogen-bond donors (Lipinski definition) is 0. The first-order valence-electron chi connectivity index (χ1n) is 15.1. The molecule has 0 unspecified atom stereocenters. The fourth-order valence-corrected chi connectivity index (χ4v) is 9.20. The van der Waals surface area contributed by atoms with Gasteiger partial charge in [0.15, 0.2) is 0 Å². The number of aryl methyl sites for hydroxylation is 2. The molecule has 0 radical (unpaired) electrons. The number of halogens is 2. The van der Waals surface area contributed by atoms with Crippen LogP contribution < -0.4 is 0 Å². The zero-order valence-electron chi connectivity index (χ0n) is 24.0. The Hall–Kier alpha value is -1.26. The SMILES string of the molecule is CCCCCCCCc1ccc(-c2nc3c(Br)c4nsnc4c(Br)c3nc2-c2ccc(CCCCCCCC)s2)s1. The molecular formula is C32H38Br2N4S3. The lowest BCUT2D eigenvalue weighted by atomic mass is 10.1. The molecule has 41 heavy (non-hydrogen) atoms. The van der Waals surface area contributed by atoms with Crippen LogP contribution in [0.25, 0.3) is 43.2 Å². The summed E-state index contributed by atoms with van der Waals surface area (Å²) in [6.07, 6.45) is 18.1. The molecule has 0 spiro atoms. The van der Waals surface area contributed by atoms with E-state index in [0.29, 0.717) is 0 Å². The molecule has 0 bridgehead atoms. The van der Waals surface area contributed by atoms with E-state index in [1.807, 2.05) is 22.7 Å². The number of aromatic nitrogens is 4. The summed E-state index contributed by atoms with van der Waals surface area (Å²) >= 11 is 12.5. The van der Waals surface area contributed by atoms with Gasteiger partial charge in [0.05, 0.1) is 30.4 Å². The van der Waals surface area contributed by atoms with E-state index in [1.165, 1.54) is 108 Å². The molecule has 0 aliphatic carbocycles. The van der Waals surface area contributed by atoms with Crippen molar-refractivity contribution in [2.75, 3.05) is 0 Å². The molecule has 5 rings (SSSR count). The lowest BCUT2D eigenvalue weighted by Gasteiger charge is -2.10. The Morgan fingerprint density at radius 1 is 0.537 bits per heavy atom. The van der Waals surface area contributed by atoms with Gasteiger partial charge in [-0.05, 0) is 81.8 Å². The highest BCUT2D eigenvalue weighted by atomic mass is 79.9. The highest BCUT2D eigenvalue weighted by Gasteiger charge is 2.22. The molecule has 4 nitrogen and oxygen atoms in total. The van der Waals surface area contributed by atoms with Crippen LogP contribution in [-0.4, -0.2) is 18.7 Å². The highest BCUT2D eigenvalue weighted by molar-refractivity contribution is 9.11. The molecule has 218 valence electrons. The number of thiophene rings is 2. The molecule has 1 aromatic carbocycles. The van der Waals surface area contributed by atoms with Crippen molar-refractivity contribution < 1.29 is 0 Å². The summed E-state index contributed by atoms with van der Waals surface area (Å²) in [5.41, 5.74) is 5.22. The van der Waals surface area contributed by atoms with E-state index in [2.05, 4.69) is 78.7 Å². The minimum atomic E-state index is 0.825. The zero-order valence-corrected chi connectivity index (χ0v) is 29.6. The maximum absolute atomic E-state index is 5.28. The summed E-state index contributed by atoms with van der Waals surface area (Å²) in [6, 6.07) is 9.07. The van der Waals surface area contributed by atoms with Crippen LogP contribution in [0.15, 0.2) is 33.2 Å². The lowest BCUT2D eigenvalue weighted by molar-refractivity contribution is 0.609. The second-order valence-corrected chi connectivity index (χ2v) is 15.2. The Morgan fingerprint density at radius 3 is 1.39 bits per heavy atom. The standard InChI is InChI=1S/C32H38Br2N4S3/c1-3-5-7-9-11-13-15-21-17-19-23(39-21)27-28(24-20-18-22(40-24)16-14-12-10-8-6-4-2)36-30-26(34)32-31(37-41-38-32)25(33)29(30)35-27/h17-20H,3-16H2,1-2H3. The molecule has 0 aliphatic rings. The maximum Gasteiger partial charge on any atom is 0.122 e. The van der Waals surface area contributed by atoms with E-state index in [1.54, 1.807) is 0 Å². The van der Waals surface area contributed by atoms with Crippen molar-refractivity contribution in [3.63, 3.8) is 0 Å². The monoisotopic (exact) mass is 732 g/mol. The van der Waals surface area contributed by atoms with Crippen LogP contribution in [-0.2, 0) is 12.8 Å². The number of nitrogens with zero attached hydrogens (tertiary/aromatic N) is 4. The van der Waals surface area contributed by atoms with Gasteiger partial charge in [-0.2, -0.15) is 8.75 Å². The van der Waals surface area contributed by atoms with E-state index in [-0.39, 0.29) is 0 Å². The summed E-state index contributed by atoms with van der Waals surface area (Å²) in [5, 5.41) is 0. The first-order chi connectivity index (χ1) is 20.1. The molecule has 0 saturated carbocycles. The van der Waals surface area contributed by atoms with E-state index < -0.39 is 0 Å². The third-order valence-corrected chi connectivity index (χ3v) is 11.9. The third-order valence-electron chi connectivity index (χ3n) is 7.56. The van der Waals surface area contributed by atoms with Gasteiger partial charge in [0.25, 0.3) is 0 Å². The van der Waals surface area contributed by atoms with Crippen LogP contribution in [0.2, 0.25) is 0 Å².